The van der Waals surface area contributed by atoms with Crippen LogP contribution in [0.4, 0.5) is 0 Å². The fourth-order valence-corrected chi connectivity index (χ4v) is 1.97. The minimum Gasteiger partial charge on any atom is -0.370 e. The highest BCUT2D eigenvalue weighted by Crippen LogP contribution is 2.20. The predicted molar refractivity (Wildman–Crippen MR) is 67.7 cm³/mol. The van der Waals surface area contributed by atoms with Crippen molar-refractivity contribution in [1.82, 2.24) is 15.1 Å². The Kier molecular flexibility index (Phi) is 5.44. The highest BCUT2D eigenvalue weighted by molar-refractivity contribution is 6.31. The van der Waals surface area contributed by atoms with Gasteiger partial charge in [0.2, 0.25) is 5.91 Å². The fraction of sp³-hybridized carbons (Fsp3) is 0.636. The molecule has 1 amide bonds. The molecule has 6 heteroatoms. The number of nitrogens with two attached hydrogens (primary N) is 1. The Morgan fingerprint density at radius 1 is 1.59 bits per heavy atom. The third-order valence-electron chi connectivity index (χ3n) is 2.57. The van der Waals surface area contributed by atoms with Crippen LogP contribution in [-0.2, 0) is 24.8 Å². The maximum atomic E-state index is 10.5. The summed E-state index contributed by atoms with van der Waals surface area (Å²) in [4.78, 5) is 10.5. The number of carbonyl (C=O) groups is 1. The maximum absolute atomic E-state index is 10.5. The number of nitrogens with one attached hydrogen (secondary N) is 1. The first kappa shape index (κ1) is 14.0. The molecule has 1 heterocycles. The van der Waals surface area contributed by atoms with Gasteiger partial charge in [-0.05, 0) is 19.4 Å². The second-order valence-electron chi connectivity index (χ2n) is 3.93. The zero-order valence-corrected chi connectivity index (χ0v) is 11.0. The number of aromatic nitrogens is 2. The Morgan fingerprint density at radius 2 is 2.29 bits per heavy atom. The molecule has 17 heavy (non-hydrogen) atoms. The largest absolute Gasteiger partial charge is 0.370 e. The normalized spacial score (nSPS) is 10.8. The molecule has 0 radical (unpaired) electrons. The van der Waals surface area contributed by atoms with Gasteiger partial charge in [0, 0.05) is 20.0 Å². The van der Waals surface area contributed by atoms with E-state index in [4.69, 9.17) is 17.3 Å². The highest BCUT2D eigenvalue weighted by Gasteiger charge is 2.11. The number of primary amides is 1. The van der Waals surface area contributed by atoms with Crippen molar-refractivity contribution in [2.75, 3.05) is 6.54 Å². The van der Waals surface area contributed by atoms with Gasteiger partial charge in [0.25, 0.3) is 0 Å². The molecule has 0 aromatic carbocycles. The minimum atomic E-state index is -0.265. The molecule has 0 saturated carbocycles. The van der Waals surface area contributed by atoms with Crippen molar-refractivity contribution in [2.45, 2.75) is 32.7 Å². The van der Waals surface area contributed by atoms with Gasteiger partial charge < -0.3 is 11.1 Å². The molecule has 0 aliphatic rings. The highest BCUT2D eigenvalue weighted by atomic mass is 35.5. The van der Waals surface area contributed by atoms with Crippen LogP contribution in [0.15, 0.2) is 0 Å². The zero-order valence-electron chi connectivity index (χ0n) is 10.3. The molecule has 96 valence electrons. The molecule has 0 atom stereocenters. The second kappa shape index (κ2) is 6.61. The summed E-state index contributed by atoms with van der Waals surface area (Å²) in [6.45, 7) is 3.42. The van der Waals surface area contributed by atoms with E-state index in [0.717, 1.165) is 35.8 Å². The smallest absolute Gasteiger partial charge is 0.217 e. The van der Waals surface area contributed by atoms with E-state index in [1.165, 1.54) is 0 Å². The first-order chi connectivity index (χ1) is 8.06. The van der Waals surface area contributed by atoms with Gasteiger partial charge in [0.05, 0.1) is 16.4 Å². The lowest BCUT2D eigenvalue weighted by Crippen LogP contribution is -2.19. The topological polar surface area (TPSA) is 72.9 Å². The molecule has 0 aliphatic carbocycles. The monoisotopic (exact) mass is 258 g/mol. The van der Waals surface area contributed by atoms with Crippen molar-refractivity contribution in [3.05, 3.63) is 16.4 Å². The summed E-state index contributed by atoms with van der Waals surface area (Å²) in [7, 11) is 1.88. The average molecular weight is 259 g/mol. The number of nitrogens with zero attached hydrogens (tertiary/aromatic N) is 2. The van der Waals surface area contributed by atoms with Crippen LogP contribution < -0.4 is 11.1 Å². The molecule has 0 fully saturated rings. The Hall–Kier alpha value is -1.07. The van der Waals surface area contributed by atoms with Gasteiger partial charge in [-0.1, -0.05) is 18.5 Å². The van der Waals surface area contributed by atoms with Crippen LogP contribution in [0.25, 0.3) is 0 Å². The number of halogens is 1. The van der Waals surface area contributed by atoms with Crippen LogP contribution in [0.5, 0.6) is 0 Å². The maximum Gasteiger partial charge on any atom is 0.217 e. The zero-order chi connectivity index (χ0) is 12.8. The van der Waals surface area contributed by atoms with Gasteiger partial charge in [-0.3, -0.25) is 9.48 Å². The van der Waals surface area contributed by atoms with E-state index < -0.39 is 0 Å². The Balaban J connectivity index is 2.41. The van der Waals surface area contributed by atoms with Crippen molar-refractivity contribution in [3.63, 3.8) is 0 Å². The van der Waals surface area contributed by atoms with Crippen molar-refractivity contribution < 1.29 is 4.79 Å². The molecule has 1 rings (SSSR count). The number of carbonyl (C=O) groups excluding carboxylic acids is 1. The predicted octanol–water partition coefficient (Wildman–Crippen LogP) is 0.991. The standard InChI is InChI=1S/C11H19ClN4O/c1-3-8-11(12)9(16(2)15-8)7-14-6-4-5-10(13)17/h14H,3-7H2,1-2H3,(H2,13,17). The van der Waals surface area contributed by atoms with Crippen molar-refractivity contribution in [2.24, 2.45) is 12.8 Å². The number of hydrogen-bond acceptors (Lipinski definition) is 3. The third-order valence-corrected chi connectivity index (χ3v) is 3.01. The van der Waals surface area contributed by atoms with E-state index in [-0.39, 0.29) is 5.91 Å². The molecule has 0 spiro atoms. The SMILES string of the molecule is CCc1nn(C)c(CNCCCC(N)=O)c1Cl. The first-order valence-electron chi connectivity index (χ1n) is 5.75. The molecule has 3 N–H and O–H groups in total. The summed E-state index contributed by atoms with van der Waals surface area (Å²) in [5, 5.41) is 8.28. The van der Waals surface area contributed by atoms with Gasteiger partial charge in [0.15, 0.2) is 0 Å². The van der Waals surface area contributed by atoms with E-state index in [2.05, 4.69) is 10.4 Å². The lowest BCUT2D eigenvalue weighted by atomic mass is 10.3. The third kappa shape index (κ3) is 4.02. The Morgan fingerprint density at radius 3 is 2.82 bits per heavy atom. The quantitative estimate of drug-likeness (QED) is 0.717. The van der Waals surface area contributed by atoms with Gasteiger partial charge in [-0.25, -0.2) is 0 Å². The molecular formula is C11H19ClN4O. The van der Waals surface area contributed by atoms with Crippen LogP contribution in [-0.4, -0.2) is 22.2 Å². The average Bonchev–Trinajstić information content (AvgIpc) is 2.54. The molecule has 5 nitrogen and oxygen atoms in total. The molecule has 0 unspecified atom stereocenters. The number of amides is 1. The second-order valence-corrected chi connectivity index (χ2v) is 4.31. The molecule has 1 aromatic rings. The molecular weight excluding hydrogens is 240 g/mol. The lowest BCUT2D eigenvalue weighted by molar-refractivity contribution is -0.118. The van der Waals surface area contributed by atoms with Crippen molar-refractivity contribution in [1.29, 1.82) is 0 Å². The van der Waals surface area contributed by atoms with E-state index in [9.17, 15) is 4.79 Å². The molecule has 0 bridgehead atoms. The summed E-state index contributed by atoms with van der Waals surface area (Å²) >= 11 is 6.20. The Labute approximate surface area is 106 Å². The fourth-order valence-electron chi connectivity index (χ4n) is 1.61. The van der Waals surface area contributed by atoms with Crippen molar-refractivity contribution >= 4 is 17.5 Å². The number of rotatable bonds is 7. The Bertz CT molecular complexity index is 389. The van der Waals surface area contributed by atoms with Crippen LogP contribution in [0.2, 0.25) is 5.02 Å². The van der Waals surface area contributed by atoms with E-state index >= 15 is 0 Å². The summed E-state index contributed by atoms with van der Waals surface area (Å²) in [5.41, 5.74) is 6.95. The van der Waals surface area contributed by atoms with Gasteiger partial charge >= 0.3 is 0 Å². The summed E-state index contributed by atoms with van der Waals surface area (Å²) in [5.74, 6) is -0.265. The van der Waals surface area contributed by atoms with Crippen molar-refractivity contribution in [3.8, 4) is 0 Å². The van der Waals surface area contributed by atoms with Crippen LogP contribution in [0, 0.1) is 0 Å². The van der Waals surface area contributed by atoms with Gasteiger partial charge in [-0.2, -0.15) is 5.10 Å². The molecule has 0 aliphatic heterocycles. The van der Waals surface area contributed by atoms with E-state index in [1.807, 2.05) is 14.0 Å². The molecule has 0 saturated heterocycles. The number of aryl methyl sites for hydroxylation is 2. The molecule has 1 aromatic heterocycles. The lowest BCUT2D eigenvalue weighted by Gasteiger charge is -2.05. The van der Waals surface area contributed by atoms with Gasteiger partial charge in [-0.15, -0.1) is 0 Å². The number of hydrogen-bond donors (Lipinski definition) is 2. The van der Waals surface area contributed by atoms with Gasteiger partial charge in [0.1, 0.15) is 0 Å². The van der Waals surface area contributed by atoms with E-state index in [0.29, 0.717) is 13.0 Å². The van der Waals surface area contributed by atoms with Crippen LogP contribution >= 0.6 is 11.6 Å². The van der Waals surface area contributed by atoms with Crippen LogP contribution in [0.3, 0.4) is 0 Å². The summed E-state index contributed by atoms with van der Waals surface area (Å²) < 4.78 is 1.79. The van der Waals surface area contributed by atoms with Crippen LogP contribution in [0.1, 0.15) is 31.2 Å². The minimum absolute atomic E-state index is 0.265. The summed E-state index contributed by atoms with van der Waals surface area (Å²) in [6.07, 6.45) is 1.98. The first-order valence-corrected chi connectivity index (χ1v) is 6.13. The summed E-state index contributed by atoms with van der Waals surface area (Å²) in [6, 6.07) is 0. The van der Waals surface area contributed by atoms with E-state index in [1.54, 1.807) is 4.68 Å².